The molecule has 7 heteroatoms. The topological polar surface area (TPSA) is 70.2 Å². The van der Waals surface area contributed by atoms with Crippen molar-refractivity contribution in [1.29, 1.82) is 0 Å². The highest BCUT2D eigenvalue weighted by Gasteiger charge is 2.20. The van der Waals surface area contributed by atoms with Gasteiger partial charge in [0.2, 0.25) is 0 Å². The Kier molecular flexibility index (Phi) is 6.44. The highest BCUT2D eigenvalue weighted by Crippen LogP contribution is 2.31. The smallest absolute Gasteiger partial charge is 0.253 e. The molecule has 1 aromatic heterocycles. The van der Waals surface area contributed by atoms with E-state index in [2.05, 4.69) is 20.4 Å². The number of aromatic amines is 1. The minimum Gasteiger partial charge on any atom is -0.490 e. The summed E-state index contributed by atoms with van der Waals surface area (Å²) >= 11 is 0. The molecule has 6 nitrogen and oxygen atoms in total. The van der Waals surface area contributed by atoms with Crippen molar-refractivity contribution < 1.29 is 13.9 Å². The second kappa shape index (κ2) is 9.42. The van der Waals surface area contributed by atoms with Gasteiger partial charge >= 0.3 is 0 Å². The molecule has 0 saturated carbocycles. The molecular weight excluding hydrogens is 407 g/mol. The quantitative estimate of drug-likeness (QED) is 0.556. The van der Waals surface area contributed by atoms with Gasteiger partial charge in [-0.15, -0.1) is 0 Å². The normalized spacial score (nSPS) is 13.6. The average molecular weight is 437 g/mol. The summed E-state index contributed by atoms with van der Waals surface area (Å²) in [5, 5.41) is 10.3. The number of benzene rings is 2. The Labute approximate surface area is 187 Å². The standard InChI is InChI=1S/C25H29FN4O2/c1-16(2)32-24-9-6-17(3)12-20(24)22-14-19(28-29-22)15-27-25(31)21-13-18(26)7-8-23(21)30-10-4-5-11-30/h6-9,12-14,16H,4-5,10-11,15H2,1-3H3,(H,27,31)(H,28,29). The first kappa shape index (κ1) is 21.9. The number of halogens is 1. The summed E-state index contributed by atoms with van der Waals surface area (Å²) in [6, 6.07) is 12.3. The first-order chi connectivity index (χ1) is 15.4. The summed E-state index contributed by atoms with van der Waals surface area (Å²) in [6.45, 7) is 8.01. The van der Waals surface area contributed by atoms with Crippen LogP contribution in [0.1, 0.15) is 48.3 Å². The molecule has 2 heterocycles. The number of rotatable bonds is 7. The van der Waals surface area contributed by atoms with Gasteiger partial charge in [-0.25, -0.2) is 4.39 Å². The first-order valence-electron chi connectivity index (χ1n) is 11.1. The van der Waals surface area contributed by atoms with E-state index in [9.17, 15) is 9.18 Å². The van der Waals surface area contributed by atoms with Crippen molar-refractivity contribution in [2.24, 2.45) is 0 Å². The van der Waals surface area contributed by atoms with Crippen LogP contribution in [0.3, 0.4) is 0 Å². The van der Waals surface area contributed by atoms with Gasteiger partial charge in [-0.05, 0) is 70.0 Å². The second-order valence-electron chi connectivity index (χ2n) is 8.48. The molecule has 2 N–H and O–H groups in total. The van der Waals surface area contributed by atoms with Crippen molar-refractivity contribution >= 4 is 11.6 Å². The molecule has 0 atom stereocenters. The summed E-state index contributed by atoms with van der Waals surface area (Å²) in [6.07, 6.45) is 2.21. The minimum atomic E-state index is -0.418. The lowest BCUT2D eigenvalue weighted by atomic mass is 10.1. The lowest BCUT2D eigenvalue weighted by Gasteiger charge is -2.21. The number of amides is 1. The molecule has 0 radical (unpaired) electrons. The number of aryl methyl sites for hydroxylation is 1. The molecule has 4 rings (SSSR count). The molecular formula is C25H29FN4O2. The number of H-pyrrole nitrogens is 1. The minimum absolute atomic E-state index is 0.0465. The largest absolute Gasteiger partial charge is 0.490 e. The maximum atomic E-state index is 13.9. The number of hydrogen-bond donors (Lipinski definition) is 2. The van der Waals surface area contributed by atoms with Gasteiger partial charge in [-0.3, -0.25) is 9.89 Å². The molecule has 0 unspecified atom stereocenters. The molecule has 1 fully saturated rings. The number of hydrogen-bond acceptors (Lipinski definition) is 4. The third kappa shape index (κ3) is 4.93. The van der Waals surface area contributed by atoms with Crippen molar-refractivity contribution in [3.63, 3.8) is 0 Å². The number of carbonyl (C=O) groups is 1. The molecule has 0 bridgehead atoms. The fourth-order valence-corrected chi connectivity index (χ4v) is 3.99. The van der Waals surface area contributed by atoms with Crippen LogP contribution in [0.15, 0.2) is 42.5 Å². The van der Waals surface area contributed by atoms with Crippen molar-refractivity contribution in [3.8, 4) is 17.0 Å². The van der Waals surface area contributed by atoms with Crippen molar-refractivity contribution in [2.75, 3.05) is 18.0 Å². The molecule has 0 spiro atoms. The number of ether oxygens (including phenoxy) is 1. The van der Waals surface area contributed by atoms with E-state index in [1.807, 2.05) is 45.0 Å². The van der Waals surface area contributed by atoms with Crippen LogP contribution < -0.4 is 15.0 Å². The predicted molar refractivity (Wildman–Crippen MR) is 124 cm³/mol. The van der Waals surface area contributed by atoms with Gasteiger partial charge in [-0.1, -0.05) is 11.6 Å². The van der Waals surface area contributed by atoms with Crippen LogP contribution in [0.25, 0.3) is 11.3 Å². The van der Waals surface area contributed by atoms with E-state index in [-0.39, 0.29) is 18.6 Å². The van der Waals surface area contributed by atoms with Gasteiger partial charge in [0.05, 0.1) is 29.6 Å². The highest BCUT2D eigenvalue weighted by atomic mass is 19.1. The number of nitrogens with one attached hydrogen (secondary N) is 2. The highest BCUT2D eigenvalue weighted by molar-refractivity contribution is 5.99. The maximum absolute atomic E-state index is 13.9. The van der Waals surface area contributed by atoms with Gasteiger partial charge in [0.15, 0.2) is 0 Å². The molecule has 0 aliphatic carbocycles. The van der Waals surface area contributed by atoms with Gasteiger partial charge in [0, 0.05) is 24.3 Å². The van der Waals surface area contributed by atoms with E-state index >= 15 is 0 Å². The van der Waals surface area contributed by atoms with E-state index in [0.29, 0.717) is 5.56 Å². The summed E-state index contributed by atoms with van der Waals surface area (Å²) in [4.78, 5) is 15.0. The molecule has 1 aliphatic heterocycles. The van der Waals surface area contributed by atoms with Crippen LogP contribution in [-0.2, 0) is 6.54 Å². The van der Waals surface area contributed by atoms with Gasteiger partial charge in [0.1, 0.15) is 11.6 Å². The zero-order valence-corrected chi connectivity index (χ0v) is 18.7. The number of carbonyl (C=O) groups excluding carboxylic acids is 1. The van der Waals surface area contributed by atoms with E-state index < -0.39 is 5.82 Å². The molecule has 3 aromatic rings. The lowest BCUT2D eigenvalue weighted by Crippen LogP contribution is -2.27. The molecule has 168 valence electrons. The van der Waals surface area contributed by atoms with Crippen LogP contribution in [-0.4, -0.2) is 35.3 Å². The monoisotopic (exact) mass is 436 g/mol. The third-order valence-corrected chi connectivity index (χ3v) is 5.49. The van der Waals surface area contributed by atoms with Crippen LogP contribution in [0.2, 0.25) is 0 Å². The number of aromatic nitrogens is 2. The zero-order valence-electron chi connectivity index (χ0n) is 18.7. The molecule has 1 amide bonds. The fraction of sp³-hybridized carbons (Fsp3) is 0.360. The Morgan fingerprint density at radius 3 is 2.72 bits per heavy atom. The Morgan fingerprint density at radius 1 is 1.19 bits per heavy atom. The Bertz CT molecular complexity index is 1100. The van der Waals surface area contributed by atoms with E-state index in [0.717, 1.165) is 59.9 Å². The molecule has 1 aliphatic rings. The van der Waals surface area contributed by atoms with Crippen LogP contribution >= 0.6 is 0 Å². The van der Waals surface area contributed by atoms with Crippen molar-refractivity contribution in [3.05, 3.63) is 65.1 Å². The first-order valence-corrected chi connectivity index (χ1v) is 11.1. The van der Waals surface area contributed by atoms with E-state index in [4.69, 9.17) is 4.74 Å². The Balaban J connectivity index is 1.50. The van der Waals surface area contributed by atoms with Gasteiger partial charge in [0.25, 0.3) is 5.91 Å². The predicted octanol–water partition coefficient (Wildman–Crippen LogP) is 4.84. The summed E-state index contributed by atoms with van der Waals surface area (Å²) in [5.74, 6) is 0.0451. The average Bonchev–Trinajstić information content (AvgIpc) is 3.45. The van der Waals surface area contributed by atoms with Crippen molar-refractivity contribution in [2.45, 2.75) is 46.3 Å². The third-order valence-electron chi connectivity index (χ3n) is 5.49. The number of nitrogens with zero attached hydrogens (tertiary/aromatic N) is 2. The van der Waals surface area contributed by atoms with E-state index in [1.165, 1.54) is 12.1 Å². The van der Waals surface area contributed by atoms with Crippen LogP contribution in [0.4, 0.5) is 10.1 Å². The maximum Gasteiger partial charge on any atom is 0.253 e. The van der Waals surface area contributed by atoms with Crippen molar-refractivity contribution in [1.82, 2.24) is 15.5 Å². The molecule has 2 aromatic carbocycles. The summed E-state index contributed by atoms with van der Waals surface area (Å²) in [5.41, 5.74) is 4.64. The summed E-state index contributed by atoms with van der Waals surface area (Å²) in [7, 11) is 0. The lowest BCUT2D eigenvalue weighted by molar-refractivity contribution is 0.0950. The van der Waals surface area contributed by atoms with E-state index in [1.54, 1.807) is 6.07 Å². The van der Waals surface area contributed by atoms with Crippen LogP contribution in [0, 0.1) is 12.7 Å². The summed E-state index contributed by atoms with van der Waals surface area (Å²) < 4.78 is 19.8. The SMILES string of the molecule is Cc1ccc(OC(C)C)c(-c2cc(CNC(=O)c3cc(F)ccc3N3CCCC3)[nH]n2)c1. The van der Waals surface area contributed by atoms with Crippen LogP contribution in [0.5, 0.6) is 5.75 Å². The van der Waals surface area contributed by atoms with Gasteiger partial charge < -0.3 is 15.0 Å². The molecule has 32 heavy (non-hydrogen) atoms. The van der Waals surface area contributed by atoms with Gasteiger partial charge in [-0.2, -0.15) is 5.10 Å². The molecule has 1 saturated heterocycles. The second-order valence-corrected chi connectivity index (χ2v) is 8.48. The number of anilines is 1. The Morgan fingerprint density at radius 2 is 1.97 bits per heavy atom. The Hall–Kier alpha value is -3.35. The fourth-order valence-electron chi connectivity index (χ4n) is 3.99. The zero-order chi connectivity index (χ0) is 22.7.